The first kappa shape index (κ1) is 27.8. The third-order valence-corrected chi connectivity index (χ3v) is 5.58. The Morgan fingerprint density at radius 1 is 1.14 bits per heavy atom. The minimum Gasteiger partial charge on any atom is -0.478 e. The van der Waals surface area contributed by atoms with Gasteiger partial charge in [0.2, 0.25) is 6.10 Å². The molecule has 0 aliphatic rings. The minimum atomic E-state index is -1.54. The van der Waals surface area contributed by atoms with Crippen LogP contribution in [0, 0.1) is 0 Å². The first-order chi connectivity index (χ1) is 16.7. The van der Waals surface area contributed by atoms with Gasteiger partial charge in [0.05, 0.1) is 18.1 Å². The number of hydrogen-bond donors (Lipinski definition) is 2. The molecule has 1 aromatic heterocycles. The smallest absolute Gasteiger partial charge is 0.407 e. The normalized spacial score (nSPS) is 13.6. The number of carboxylic acids is 1. The largest absolute Gasteiger partial charge is 0.478 e. The molecule has 3 atom stereocenters. The Balaban J connectivity index is 1.97. The van der Waals surface area contributed by atoms with Gasteiger partial charge in [-0.1, -0.05) is 63.0 Å². The Bertz CT molecular complexity index is 1000. The summed E-state index contributed by atoms with van der Waals surface area (Å²) >= 11 is 0. The Kier molecular flexibility index (Phi) is 11.2. The van der Waals surface area contributed by atoms with Gasteiger partial charge in [-0.25, -0.2) is 19.1 Å². The summed E-state index contributed by atoms with van der Waals surface area (Å²) in [5.74, 6) is -2.23. The molecule has 2 rings (SSSR count). The molecular weight excluding hydrogens is 452 g/mol. The van der Waals surface area contributed by atoms with Gasteiger partial charge in [0.25, 0.3) is 0 Å². The number of para-hydroxylation sites is 1. The van der Waals surface area contributed by atoms with Gasteiger partial charge in [-0.2, -0.15) is 0 Å². The van der Waals surface area contributed by atoms with E-state index >= 15 is 0 Å². The molecule has 0 aliphatic heterocycles. The van der Waals surface area contributed by atoms with Crippen molar-refractivity contribution in [3.8, 4) is 0 Å². The summed E-state index contributed by atoms with van der Waals surface area (Å²) in [5, 5.41) is 20.2. The molecule has 1 heterocycles. The Morgan fingerprint density at radius 3 is 2.54 bits per heavy atom. The molecule has 0 aliphatic carbocycles. The van der Waals surface area contributed by atoms with Crippen molar-refractivity contribution in [1.29, 1.82) is 0 Å². The second-order valence-corrected chi connectivity index (χ2v) is 8.72. The SMILES string of the molecule is C=C(C)C(=O)OC(CNC(=O)OC(C)CC(CCCCCCC)n1nnc2ccccc21)C(=O)O. The summed E-state index contributed by atoms with van der Waals surface area (Å²) in [7, 11) is 0. The van der Waals surface area contributed by atoms with E-state index in [9.17, 15) is 19.5 Å². The molecule has 0 fully saturated rings. The standard InChI is InChI=1S/C25H36N4O6/c1-5-6-7-8-9-12-19(29-21-14-11-10-13-20(21)27-28-29)15-18(4)34-25(33)26-16-22(23(30)31)35-24(32)17(2)3/h10-11,13-14,18-19,22H,2,5-9,12,15-16H2,1,3-4H3,(H,26,33)(H,30,31). The van der Waals surface area contributed by atoms with E-state index < -0.39 is 36.8 Å². The molecule has 192 valence electrons. The number of rotatable bonds is 15. The van der Waals surface area contributed by atoms with E-state index in [0.29, 0.717) is 6.42 Å². The van der Waals surface area contributed by atoms with Crippen LogP contribution in [-0.2, 0) is 19.1 Å². The lowest BCUT2D eigenvalue weighted by Crippen LogP contribution is -2.40. The fourth-order valence-corrected chi connectivity index (χ4v) is 3.72. The molecule has 1 aromatic carbocycles. The molecule has 0 radical (unpaired) electrons. The molecule has 1 amide bonds. The highest BCUT2D eigenvalue weighted by Gasteiger charge is 2.25. The van der Waals surface area contributed by atoms with Gasteiger partial charge in [-0.3, -0.25) is 0 Å². The van der Waals surface area contributed by atoms with Crippen LogP contribution in [0.15, 0.2) is 36.4 Å². The van der Waals surface area contributed by atoms with Gasteiger partial charge in [-0.05, 0) is 32.4 Å². The van der Waals surface area contributed by atoms with Crippen LogP contribution >= 0.6 is 0 Å². The number of ether oxygens (including phenoxy) is 2. The van der Waals surface area contributed by atoms with Crippen molar-refractivity contribution in [3.05, 3.63) is 36.4 Å². The Labute approximate surface area is 205 Å². The maximum atomic E-state index is 12.3. The zero-order valence-electron chi connectivity index (χ0n) is 20.7. The number of esters is 1. The predicted octanol–water partition coefficient (Wildman–Crippen LogP) is 4.41. The monoisotopic (exact) mass is 488 g/mol. The molecule has 2 N–H and O–H groups in total. The molecule has 35 heavy (non-hydrogen) atoms. The number of aromatic nitrogens is 3. The average molecular weight is 489 g/mol. The number of fused-ring (bicyclic) bond motifs is 1. The van der Waals surface area contributed by atoms with Gasteiger partial charge in [-0.15, -0.1) is 5.10 Å². The number of amides is 1. The third-order valence-electron chi connectivity index (χ3n) is 5.58. The summed E-state index contributed by atoms with van der Waals surface area (Å²) in [6, 6.07) is 7.71. The van der Waals surface area contributed by atoms with Gasteiger partial charge < -0.3 is 19.9 Å². The fraction of sp³-hybridized carbons (Fsp3) is 0.560. The van der Waals surface area contributed by atoms with Crippen molar-refractivity contribution in [1.82, 2.24) is 20.3 Å². The van der Waals surface area contributed by atoms with Crippen LogP contribution in [-0.4, -0.2) is 56.9 Å². The van der Waals surface area contributed by atoms with Crippen LogP contribution in [0.25, 0.3) is 11.0 Å². The van der Waals surface area contributed by atoms with Crippen LogP contribution in [0.2, 0.25) is 0 Å². The first-order valence-electron chi connectivity index (χ1n) is 12.1. The predicted molar refractivity (Wildman–Crippen MR) is 131 cm³/mol. The number of aliphatic carboxylic acids is 1. The van der Waals surface area contributed by atoms with Crippen molar-refractivity contribution in [3.63, 3.8) is 0 Å². The topological polar surface area (TPSA) is 133 Å². The van der Waals surface area contributed by atoms with Crippen molar-refractivity contribution in [2.75, 3.05) is 6.54 Å². The summed E-state index contributed by atoms with van der Waals surface area (Å²) in [6.45, 7) is 8.35. The third kappa shape index (κ3) is 9.03. The summed E-state index contributed by atoms with van der Waals surface area (Å²) < 4.78 is 12.2. The van der Waals surface area contributed by atoms with Gasteiger partial charge >= 0.3 is 18.0 Å². The van der Waals surface area contributed by atoms with Crippen molar-refractivity contribution < 1.29 is 29.0 Å². The number of carbonyl (C=O) groups is 3. The van der Waals surface area contributed by atoms with Crippen LogP contribution in [0.4, 0.5) is 4.79 Å². The zero-order valence-corrected chi connectivity index (χ0v) is 20.7. The number of carbonyl (C=O) groups excluding carboxylic acids is 2. The number of alkyl carbamates (subject to hydrolysis) is 1. The van der Waals surface area contributed by atoms with Gasteiger partial charge in [0.1, 0.15) is 11.6 Å². The highest BCUT2D eigenvalue weighted by atomic mass is 16.6. The fourth-order valence-electron chi connectivity index (χ4n) is 3.72. The number of hydrogen-bond acceptors (Lipinski definition) is 7. The first-order valence-corrected chi connectivity index (χ1v) is 12.1. The number of nitrogens with zero attached hydrogens (tertiary/aromatic N) is 3. The lowest BCUT2D eigenvalue weighted by Gasteiger charge is -2.22. The molecule has 3 unspecified atom stereocenters. The number of benzene rings is 1. The molecule has 10 heteroatoms. The lowest BCUT2D eigenvalue weighted by molar-refractivity contribution is -0.160. The quantitative estimate of drug-likeness (QED) is 0.214. The highest BCUT2D eigenvalue weighted by molar-refractivity contribution is 5.89. The van der Waals surface area contributed by atoms with Crippen LogP contribution in [0.1, 0.15) is 71.8 Å². The molecule has 0 saturated carbocycles. The number of carboxylic acid groups (broad SMARTS) is 1. The number of unbranched alkanes of at least 4 members (excludes halogenated alkanes) is 4. The molecule has 0 spiro atoms. The summed E-state index contributed by atoms with van der Waals surface area (Å²) in [6.07, 6.45) is 4.27. The number of nitrogens with one attached hydrogen (secondary N) is 1. The van der Waals surface area contributed by atoms with E-state index in [-0.39, 0.29) is 11.6 Å². The van der Waals surface area contributed by atoms with Crippen LogP contribution in [0.5, 0.6) is 0 Å². The second-order valence-electron chi connectivity index (χ2n) is 8.72. The highest BCUT2D eigenvalue weighted by Crippen LogP contribution is 2.26. The summed E-state index contributed by atoms with van der Waals surface area (Å²) in [5.41, 5.74) is 1.79. The minimum absolute atomic E-state index is 0.0184. The van der Waals surface area contributed by atoms with Gasteiger partial charge in [0, 0.05) is 12.0 Å². The van der Waals surface area contributed by atoms with Gasteiger partial charge in [0.15, 0.2) is 0 Å². The van der Waals surface area contributed by atoms with Crippen molar-refractivity contribution >= 4 is 29.1 Å². The molecule has 0 bridgehead atoms. The van der Waals surface area contributed by atoms with Crippen LogP contribution < -0.4 is 5.32 Å². The van der Waals surface area contributed by atoms with Crippen molar-refractivity contribution in [2.45, 2.75) is 84.0 Å². The molecular formula is C25H36N4O6. The Hall–Kier alpha value is -3.43. The van der Waals surface area contributed by atoms with E-state index in [1.54, 1.807) is 6.92 Å². The molecule has 0 saturated heterocycles. The Morgan fingerprint density at radius 2 is 1.86 bits per heavy atom. The van der Waals surface area contributed by atoms with E-state index in [1.165, 1.54) is 26.2 Å². The average Bonchev–Trinajstić information content (AvgIpc) is 3.24. The van der Waals surface area contributed by atoms with Crippen LogP contribution in [0.3, 0.4) is 0 Å². The molecule has 10 nitrogen and oxygen atoms in total. The molecule has 2 aromatic rings. The summed E-state index contributed by atoms with van der Waals surface area (Å²) in [4.78, 5) is 35.2. The maximum absolute atomic E-state index is 12.3. The zero-order chi connectivity index (χ0) is 25.8. The van der Waals surface area contributed by atoms with E-state index in [1.807, 2.05) is 28.9 Å². The lowest BCUT2D eigenvalue weighted by atomic mass is 10.0. The second kappa shape index (κ2) is 14.1. The van der Waals surface area contributed by atoms with E-state index in [0.717, 1.165) is 30.3 Å². The van der Waals surface area contributed by atoms with E-state index in [2.05, 4.69) is 29.1 Å². The van der Waals surface area contributed by atoms with Crippen molar-refractivity contribution in [2.24, 2.45) is 0 Å². The maximum Gasteiger partial charge on any atom is 0.407 e. The van der Waals surface area contributed by atoms with E-state index in [4.69, 9.17) is 9.47 Å².